The number of aromatic amines is 2. The highest BCUT2D eigenvalue weighted by Crippen LogP contribution is 2.57. The van der Waals surface area contributed by atoms with Gasteiger partial charge >= 0.3 is 22.8 Å². The summed E-state index contributed by atoms with van der Waals surface area (Å²) in [5.41, 5.74) is 26.0. The number of aryl methyl sites for hydroxylation is 4. The van der Waals surface area contributed by atoms with E-state index in [9.17, 15) is 38.8 Å². The number of rotatable bonds is 51. The molecule has 13 N–H and O–H groups in total. The van der Waals surface area contributed by atoms with E-state index in [0.29, 0.717) is 5.56 Å². The van der Waals surface area contributed by atoms with E-state index in [1.807, 2.05) is 0 Å². The molecule has 28 atom stereocenters. The maximum Gasteiger partial charge on any atom is 0.351 e. The molecule has 0 radical (unpaired) electrons. The number of aromatic nitrogens is 16. The molecule has 6 fully saturated rings. The quantitative estimate of drug-likeness (QED) is 0.0102. The molecule has 69 heteroatoms. The summed E-state index contributed by atoms with van der Waals surface area (Å²) in [5.74, 6) is -0.941. The molecule has 798 valence electrons. The lowest BCUT2D eigenvalue weighted by molar-refractivity contribution is -0.223. The van der Waals surface area contributed by atoms with E-state index >= 15 is 19.2 Å². The van der Waals surface area contributed by atoms with Gasteiger partial charge in [-0.05, 0) is 34.6 Å². The van der Waals surface area contributed by atoms with Gasteiger partial charge in [-0.2, -0.15) is 19.9 Å². The predicted octanol–water partition coefficient (Wildman–Crippen LogP) is -4.26. The number of H-pyrrole nitrogens is 2. The van der Waals surface area contributed by atoms with Crippen molar-refractivity contribution in [3.05, 3.63) is 129 Å². The lowest BCUT2D eigenvalue weighted by atomic mass is 10.1. The molecule has 0 spiro atoms. The molecule has 14 rings (SSSR count). The van der Waals surface area contributed by atoms with Crippen molar-refractivity contribution < 1.29 is 150 Å². The van der Waals surface area contributed by atoms with Crippen molar-refractivity contribution in [3.63, 3.8) is 0 Å². The molecule has 6 aliphatic heterocycles. The number of hydrogen-bond acceptors (Lipinski definition) is 56. The van der Waals surface area contributed by atoms with Gasteiger partial charge in [0.25, 0.3) is 11.1 Å². The van der Waals surface area contributed by atoms with Gasteiger partial charge in [0.15, 0.2) is 60.6 Å². The zero-order valence-electron chi connectivity index (χ0n) is 78.1. The summed E-state index contributed by atoms with van der Waals surface area (Å²) in [6, 6.07) is 0. The smallest absolute Gasteiger partial charge is 0.351 e. The Morgan fingerprint density at radius 3 is 1.19 bits per heavy atom. The van der Waals surface area contributed by atoms with E-state index in [-0.39, 0.29) is 141 Å². The fourth-order valence-corrected chi connectivity index (χ4v) is 23.4. The first-order valence-electron chi connectivity index (χ1n) is 43.7. The molecule has 8 aromatic rings. The van der Waals surface area contributed by atoms with E-state index in [2.05, 4.69) is 49.8 Å². The monoisotopic (exact) mass is 2220 g/mol. The first-order valence-corrected chi connectivity index (χ1v) is 56.5. The average Bonchev–Trinajstić information content (AvgIpc) is 1.63. The van der Waals surface area contributed by atoms with Crippen LogP contribution >= 0.6 is 33.7 Å². The molecular weight excluding hydrogens is 2120 g/mol. The minimum Gasteiger partial charge on any atom is -0.780 e. The zero-order chi connectivity index (χ0) is 104. The van der Waals surface area contributed by atoms with Crippen molar-refractivity contribution in [2.24, 2.45) is 0 Å². The number of nitrogens with two attached hydrogens (primary N) is 5. The number of ether oxygens (including phenoxy) is 16. The third-order valence-electron chi connectivity index (χ3n) is 23.2. The second-order valence-electron chi connectivity index (χ2n) is 33.0. The Hall–Kier alpha value is -6.84. The number of nitrogens with one attached hydrogen (secondary N) is 2. The van der Waals surface area contributed by atoms with Crippen LogP contribution in [-0.2, 0) is 185 Å². The maximum absolute atomic E-state index is 15.7. The van der Waals surface area contributed by atoms with Crippen molar-refractivity contribution in [2.45, 2.75) is 182 Å². The van der Waals surface area contributed by atoms with Gasteiger partial charge in [0.2, 0.25) is 5.95 Å². The number of fused-ring (bicyclic) bond motifs is 2. The van der Waals surface area contributed by atoms with Crippen molar-refractivity contribution in [1.29, 1.82) is 0 Å². The number of imidazole rings is 2. The number of hydrogen-bond donors (Lipinski definition) is 8. The van der Waals surface area contributed by atoms with Gasteiger partial charge in [-0.3, -0.25) is 51.5 Å². The summed E-state index contributed by atoms with van der Waals surface area (Å²) in [6.07, 6.45) is -27.8. The molecule has 144 heavy (non-hydrogen) atoms. The Bertz CT molecular complexity index is 6480. The Labute approximate surface area is 841 Å². The van der Waals surface area contributed by atoms with Crippen LogP contribution in [0.25, 0.3) is 22.3 Å². The Morgan fingerprint density at radius 1 is 0.417 bits per heavy atom. The van der Waals surface area contributed by atoms with Gasteiger partial charge in [-0.15, -0.1) is 0 Å². The van der Waals surface area contributed by atoms with Crippen LogP contribution in [-0.4, -0.2) is 321 Å². The number of nitrogen functional groups attached to an aromatic ring is 5. The van der Waals surface area contributed by atoms with Crippen LogP contribution in [0.4, 0.5) is 29.2 Å². The van der Waals surface area contributed by atoms with Crippen molar-refractivity contribution in [2.75, 3.05) is 163 Å². The molecular formula is C75H105N21O38P5S5-5. The molecule has 59 nitrogen and oxygen atoms in total. The van der Waals surface area contributed by atoms with Crippen LogP contribution in [0.15, 0.2) is 72.5 Å². The summed E-state index contributed by atoms with van der Waals surface area (Å²) < 4.78 is 180. The average molecular weight is 2220 g/mol. The normalized spacial score (nSPS) is 29.3. The minimum atomic E-state index is -5.33. The third-order valence-corrected chi connectivity index (χ3v) is 30.9. The number of aliphatic hydroxyl groups excluding tert-OH is 1. The summed E-state index contributed by atoms with van der Waals surface area (Å²) in [4.78, 5) is 179. The highest BCUT2D eigenvalue weighted by atomic mass is 32.7. The lowest BCUT2D eigenvalue weighted by Crippen LogP contribution is -2.42. The first-order chi connectivity index (χ1) is 68.3. The van der Waals surface area contributed by atoms with E-state index < -0.39 is 242 Å². The molecule has 6 saturated heterocycles. The van der Waals surface area contributed by atoms with Crippen LogP contribution in [0.3, 0.4) is 0 Å². The fourth-order valence-electron chi connectivity index (χ4n) is 16.2. The fraction of sp³-hybridized carbons (Fsp3) is 0.653. The number of aliphatic hydroxyl groups is 1. The molecule has 8 aromatic heterocycles. The predicted molar refractivity (Wildman–Crippen MR) is 505 cm³/mol. The van der Waals surface area contributed by atoms with Gasteiger partial charge < -0.3 is 187 Å². The summed E-state index contributed by atoms with van der Waals surface area (Å²) in [7, 11) is 6.79. The number of nitrogens with zero attached hydrogens (tertiary/aromatic N) is 14. The van der Waals surface area contributed by atoms with Crippen molar-refractivity contribution in [3.8, 4) is 0 Å². The summed E-state index contributed by atoms with van der Waals surface area (Å²) in [5, 5.41) is 11.8. The standard InChI is InChI=1S/C75H110N21O38P5S5/c1-34-22-92(72(100)85-58(34)76)66-53(114-16-11-109-6)48(97)40(125-66)26-119-136(105,141)133-52-44(129-70(57(52)118-20-15-113-10)96-33-84-47-63(96)88-71(80)89-65(47)99)30-123-139(108,144)134-51-43(128-69(56(51)117-19-14-112-9)95-32-83-46-61(79)81-31-82-62(46)95)29-122-138(107,143)132-50-42(127-68(55(50)116-18-13-111-8)94-24-36(3)60(78)87-74(94)102)28-121-137(106,142)131-49-41(126-67(54(49)115-17-12-110-7)93-23-35(2)59(77)86-73(93)101)27-120-135(104,140)130-39-21-45(124-38(39)5)91-25-37(4)64(98)90-75(91)103/h22-25,31-33,38-45,48-57,66-70,97H,11-21,26-30H2,1-10H3,(H,104,140)(H,105,141)(H,106,142)(H,107,143)(H,108,144)(H2,76,85,100)(H2,77,86,101)(H2,78,87,102)(H2,79,81,82)(H,90,98,103)(H3,80,88,89,99)/p-5/t38-,39?,40-,41-,42-,43-,44-,45-,48?,49?,50?,51?,52?,53+,54+,55+,56+,57+,66-,67-,68-,69-,70-,135?,136?,137?,138?,139?/m1/s1. The van der Waals surface area contributed by atoms with Gasteiger partial charge in [0.1, 0.15) is 154 Å². The van der Waals surface area contributed by atoms with Gasteiger partial charge in [-0.1, -0.05) is 47.2 Å². The Kier molecular flexibility index (Phi) is 38.1. The Balaban J connectivity index is 0.760. The SMILES string of the molecule is COCCO[C@H]1C(O)[C@@H](COP([O-])(=S)OC2[C@@H](COP([O-])(=S)OC3[C@@H](COP([O-])(=S)OC4[C@@H](COP(=O)([S-])OC5[C@@H](COP([O-])(=S)OC6C[C@H](n7cc(C)c(=O)[nH]c7=O)O[C@@H]6C)O[C@@H](n6cc(C)c(N)nc6=O)[C@H]5OCCOC)O[C@@H](n5cc(C)c(N)nc5=O)[C@H]4OCCOC)O[C@@H](n4cnc5c(N)ncnc54)[C@H]3OCCOC)O[C@@H](n3cnc4c(=O)[nH]c(N)nc43)[C@H]2OCCOC)O[C@H]1n1cc(C)c(N)nc1=O. The lowest BCUT2D eigenvalue weighted by Gasteiger charge is -2.38. The maximum atomic E-state index is 15.7. The summed E-state index contributed by atoms with van der Waals surface area (Å²) >= 11 is 28.3. The first kappa shape index (κ1) is 113. The van der Waals surface area contributed by atoms with E-state index in [0.717, 1.165) is 30.9 Å². The van der Waals surface area contributed by atoms with Crippen LogP contribution < -0.4 is 82.1 Å². The molecule has 14 heterocycles. The molecule has 0 bridgehead atoms. The van der Waals surface area contributed by atoms with Crippen LogP contribution in [0, 0.1) is 27.7 Å². The highest BCUT2D eigenvalue weighted by molar-refractivity contribution is 8.32. The topological polar surface area (TPSA) is 766 Å². The largest absolute Gasteiger partial charge is 0.780 e. The van der Waals surface area contributed by atoms with Crippen LogP contribution in [0.2, 0.25) is 0 Å². The molecule has 0 aromatic carbocycles. The van der Waals surface area contributed by atoms with Crippen LogP contribution in [0.5, 0.6) is 0 Å². The highest BCUT2D eigenvalue weighted by Gasteiger charge is 2.56. The van der Waals surface area contributed by atoms with Gasteiger partial charge in [0.05, 0.1) is 124 Å². The second kappa shape index (κ2) is 48.6. The molecule has 6 aliphatic rings. The van der Waals surface area contributed by atoms with E-state index in [4.69, 9.17) is 209 Å². The number of anilines is 5. The molecule has 0 amide bonds. The Morgan fingerprint density at radius 2 is 0.771 bits per heavy atom. The van der Waals surface area contributed by atoms with Crippen molar-refractivity contribution >= 4 is 145 Å². The summed E-state index contributed by atoms with van der Waals surface area (Å²) in [6.45, 7) is -24.7. The van der Waals surface area contributed by atoms with Crippen molar-refractivity contribution in [1.82, 2.24) is 77.2 Å². The second-order valence-corrected chi connectivity index (χ2v) is 46.5. The van der Waals surface area contributed by atoms with Gasteiger partial charge in [-0.25, -0.2) is 39.1 Å². The molecule has 11 unspecified atom stereocenters. The molecule has 0 aliphatic carbocycles. The minimum absolute atomic E-state index is 0.0127. The van der Waals surface area contributed by atoms with E-state index in [1.54, 1.807) is 13.8 Å². The number of methoxy groups -OCH3 is 5. The van der Waals surface area contributed by atoms with Crippen LogP contribution in [0.1, 0.15) is 73.0 Å². The zero-order valence-corrected chi connectivity index (χ0v) is 86.7. The van der Waals surface area contributed by atoms with Gasteiger partial charge in [0, 0.05) is 89.0 Å². The molecule has 0 saturated carbocycles. The van der Waals surface area contributed by atoms with E-state index in [1.165, 1.54) is 96.6 Å². The third kappa shape index (κ3) is 26.8.